The molecule has 0 atom stereocenters. The largest absolute Gasteiger partial charge is 0.548 e. The van der Waals surface area contributed by atoms with E-state index in [0.29, 0.717) is 16.7 Å². The minimum Gasteiger partial charge on any atom is -0.548 e. The molecule has 0 radical (unpaired) electrons. The van der Waals surface area contributed by atoms with Crippen LogP contribution in [0.2, 0.25) is 0 Å². The summed E-state index contributed by atoms with van der Waals surface area (Å²) in [6.07, 6.45) is 5.36. The van der Waals surface area contributed by atoms with Gasteiger partial charge in [-0.05, 0) is 54.7 Å². The summed E-state index contributed by atoms with van der Waals surface area (Å²) in [6.45, 7) is 1.33. The second-order valence-electron chi connectivity index (χ2n) is 7.31. The SMILES string of the molecule is O=C([O-])CN1C(=O)/C(=C\c2ccc(N3CCCCC3)cc2)c2ccccc2C1=O. The Morgan fingerprint density at radius 1 is 0.897 bits per heavy atom. The predicted octanol–water partition coefficient (Wildman–Crippen LogP) is 1.95. The van der Waals surface area contributed by atoms with E-state index in [1.165, 1.54) is 19.3 Å². The topological polar surface area (TPSA) is 80.8 Å². The number of fused-ring (bicyclic) bond motifs is 1. The van der Waals surface area contributed by atoms with Crippen molar-refractivity contribution in [2.45, 2.75) is 19.3 Å². The molecule has 2 amide bonds. The first kappa shape index (κ1) is 18.9. The second-order valence-corrected chi connectivity index (χ2v) is 7.31. The van der Waals surface area contributed by atoms with Gasteiger partial charge >= 0.3 is 0 Å². The van der Waals surface area contributed by atoms with Crippen LogP contribution in [0, 0.1) is 0 Å². The van der Waals surface area contributed by atoms with Crippen molar-refractivity contribution >= 4 is 35.1 Å². The zero-order chi connectivity index (χ0) is 20.4. The summed E-state index contributed by atoms with van der Waals surface area (Å²) < 4.78 is 0. The third-order valence-corrected chi connectivity index (χ3v) is 5.38. The van der Waals surface area contributed by atoms with Crippen LogP contribution in [-0.2, 0) is 9.59 Å². The Kier molecular flexibility index (Phi) is 5.16. The summed E-state index contributed by atoms with van der Waals surface area (Å²) in [5, 5.41) is 11.0. The van der Waals surface area contributed by atoms with E-state index in [1.54, 1.807) is 30.3 Å². The fraction of sp³-hybridized carbons (Fsp3) is 0.261. The molecular weight excluding hydrogens is 368 g/mol. The Morgan fingerprint density at radius 3 is 2.21 bits per heavy atom. The van der Waals surface area contributed by atoms with Gasteiger partial charge in [0.05, 0.1) is 12.5 Å². The van der Waals surface area contributed by atoms with Gasteiger partial charge in [-0.2, -0.15) is 0 Å². The highest BCUT2D eigenvalue weighted by Crippen LogP contribution is 2.30. The van der Waals surface area contributed by atoms with E-state index >= 15 is 0 Å². The van der Waals surface area contributed by atoms with Crippen molar-refractivity contribution < 1.29 is 19.5 Å². The van der Waals surface area contributed by atoms with Gasteiger partial charge < -0.3 is 14.8 Å². The van der Waals surface area contributed by atoms with Gasteiger partial charge in [-0.3, -0.25) is 14.5 Å². The number of carboxylic acids is 1. The lowest BCUT2D eigenvalue weighted by molar-refractivity contribution is -0.305. The molecule has 148 valence electrons. The Balaban J connectivity index is 1.69. The summed E-state index contributed by atoms with van der Waals surface area (Å²) in [7, 11) is 0. The molecule has 0 bridgehead atoms. The highest BCUT2D eigenvalue weighted by atomic mass is 16.4. The van der Waals surface area contributed by atoms with Crippen molar-refractivity contribution in [1.82, 2.24) is 4.90 Å². The normalized spacial score (nSPS) is 18.1. The molecule has 0 aromatic heterocycles. The average molecular weight is 389 g/mol. The van der Waals surface area contributed by atoms with Crippen molar-refractivity contribution in [3.05, 3.63) is 65.2 Å². The molecule has 2 aliphatic rings. The van der Waals surface area contributed by atoms with Crippen LogP contribution in [0.3, 0.4) is 0 Å². The molecule has 2 heterocycles. The molecule has 29 heavy (non-hydrogen) atoms. The quantitative estimate of drug-likeness (QED) is 0.590. The molecule has 1 saturated heterocycles. The van der Waals surface area contributed by atoms with Crippen molar-refractivity contribution in [2.75, 3.05) is 24.5 Å². The zero-order valence-electron chi connectivity index (χ0n) is 16.0. The van der Waals surface area contributed by atoms with E-state index in [4.69, 9.17) is 0 Å². The molecule has 0 spiro atoms. The minimum atomic E-state index is -1.48. The number of carboxylic acid groups (broad SMARTS) is 1. The lowest BCUT2D eigenvalue weighted by Crippen LogP contribution is -2.47. The van der Waals surface area contributed by atoms with Crippen molar-refractivity contribution in [3.8, 4) is 0 Å². The number of benzene rings is 2. The summed E-state index contributed by atoms with van der Waals surface area (Å²) in [5.74, 6) is -2.72. The fourth-order valence-electron chi connectivity index (χ4n) is 3.92. The molecule has 2 aromatic carbocycles. The number of carbonyl (C=O) groups is 3. The van der Waals surface area contributed by atoms with Crippen molar-refractivity contribution in [3.63, 3.8) is 0 Å². The monoisotopic (exact) mass is 389 g/mol. The van der Waals surface area contributed by atoms with Gasteiger partial charge in [0.1, 0.15) is 0 Å². The van der Waals surface area contributed by atoms with E-state index in [0.717, 1.165) is 29.2 Å². The number of piperidine rings is 1. The number of hydrogen-bond acceptors (Lipinski definition) is 5. The van der Waals surface area contributed by atoms with Gasteiger partial charge in [0.2, 0.25) is 0 Å². The zero-order valence-corrected chi connectivity index (χ0v) is 16.0. The standard InChI is InChI=1S/C23H22N2O4/c26-21(27)15-25-22(28)19-7-3-2-6-18(19)20(23(25)29)14-16-8-10-17(11-9-16)24-12-4-1-5-13-24/h2-3,6-11,14H,1,4-5,12-13,15H2,(H,26,27)/p-1/b20-14-. The maximum Gasteiger partial charge on any atom is 0.261 e. The van der Waals surface area contributed by atoms with Crippen LogP contribution in [0.5, 0.6) is 0 Å². The molecule has 0 N–H and O–H groups in total. The number of hydrogen-bond donors (Lipinski definition) is 0. The Labute approximate surface area is 169 Å². The molecule has 0 unspecified atom stereocenters. The van der Waals surface area contributed by atoms with Crippen LogP contribution < -0.4 is 10.0 Å². The molecule has 1 fully saturated rings. The maximum absolute atomic E-state index is 12.9. The lowest BCUT2D eigenvalue weighted by Gasteiger charge is -2.29. The van der Waals surface area contributed by atoms with E-state index in [2.05, 4.69) is 4.90 Å². The van der Waals surface area contributed by atoms with Gasteiger partial charge in [0.25, 0.3) is 11.8 Å². The first-order valence-electron chi connectivity index (χ1n) is 9.77. The van der Waals surface area contributed by atoms with Crippen LogP contribution in [0.25, 0.3) is 11.6 Å². The fourth-order valence-corrected chi connectivity index (χ4v) is 3.92. The molecule has 0 aliphatic carbocycles. The van der Waals surface area contributed by atoms with Gasteiger partial charge in [-0.1, -0.05) is 30.3 Å². The number of rotatable bonds is 4. The average Bonchev–Trinajstić information content (AvgIpc) is 2.75. The van der Waals surface area contributed by atoms with Crippen molar-refractivity contribution in [2.24, 2.45) is 0 Å². The first-order chi connectivity index (χ1) is 14.0. The summed E-state index contributed by atoms with van der Waals surface area (Å²) >= 11 is 0. The maximum atomic E-state index is 12.9. The molecule has 4 rings (SSSR count). The Morgan fingerprint density at radius 2 is 1.55 bits per heavy atom. The highest BCUT2D eigenvalue weighted by molar-refractivity contribution is 6.34. The molecular formula is C23H21N2O4-. The molecule has 0 saturated carbocycles. The predicted molar refractivity (Wildman–Crippen MR) is 108 cm³/mol. The molecule has 6 heteroatoms. The number of nitrogens with zero attached hydrogens (tertiary/aromatic N) is 2. The van der Waals surface area contributed by atoms with Crippen LogP contribution in [-0.4, -0.2) is 42.3 Å². The number of amides is 2. The highest BCUT2D eigenvalue weighted by Gasteiger charge is 2.34. The summed E-state index contributed by atoms with van der Waals surface area (Å²) in [5.41, 5.74) is 3.08. The van der Waals surface area contributed by atoms with Crippen LogP contribution in [0.1, 0.15) is 40.7 Å². The third-order valence-electron chi connectivity index (χ3n) is 5.38. The number of imide groups is 1. The molecule has 6 nitrogen and oxygen atoms in total. The van der Waals surface area contributed by atoms with Crippen LogP contribution in [0.15, 0.2) is 48.5 Å². The van der Waals surface area contributed by atoms with E-state index in [9.17, 15) is 19.5 Å². The minimum absolute atomic E-state index is 0.298. The lowest BCUT2D eigenvalue weighted by atomic mass is 9.92. The summed E-state index contributed by atoms with van der Waals surface area (Å²) in [4.78, 5) is 39.6. The van der Waals surface area contributed by atoms with E-state index in [1.807, 2.05) is 24.3 Å². The van der Waals surface area contributed by atoms with Gasteiger partial charge in [0, 0.05) is 29.9 Å². The van der Waals surface area contributed by atoms with Gasteiger partial charge in [0.15, 0.2) is 0 Å². The smallest absolute Gasteiger partial charge is 0.261 e. The van der Waals surface area contributed by atoms with Gasteiger partial charge in [-0.25, -0.2) is 0 Å². The number of anilines is 1. The first-order valence-corrected chi connectivity index (χ1v) is 9.77. The number of carbonyl (C=O) groups excluding carboxylic acids is 3. The van der Waals surface area contributed by atoms with Gasteiger partial charge in [-0.15, -0.1) is 0 Å². The summed E-state index contributed by atoms with van der Waals surface area (Å²) in [6, 6.07) is 14.7. The second kappa shape index (κ2) is 7.91. The van der Waals surface area contributed by atoms with Crippen LogP contribution in [0.4, 0.5) is 5.69 Å². The Hall–Kier alpha value is -3.41. The number of aliphatic carboxylic acids is 1. The molecule has 2 aliphatic heterocycles. The third kappa shape index (κ3) is 3.78. The Bertz CT molecular complexity index is 988. The van der Waals surface area contributed by atoms with Crippen molar-refractivity contribution in [1.29, 1.82) is 0 Å². The van der Waals surface area contributed by atoms with E-state index < -0.39 is 24.3 Å². The van der Waals surface area contributed by atoms with E-state index in [-0.39, 0.29) is 0 Å². The van der Waals surface area contributed by atoms with Crippen LogP contribution >= 0.6 is 0 Å². The molecule has 2 aromatic rings.